The highest BCUT2D eigenvalue weighted by molar-refractivity contribution is 6.09. The van der Waals surface area contributed by atoms with E-state index in [4.69, 9.17) is 4.74 Å². The summed E-state index contributed by atoms with van der Waals surface area (Å²) >= 11 is 0. The van der Waals surface area contributed by atoms with Gasteiger partial charge in [-0.25, -0.2) is 0 Å². The van der Waals surface area contributed by atoms with Crippen molar-refractivity contribution < 1.29 is 14.3 Å². The molecule has 0 saturated heterocycles. The van der Waals surface area contributed by atoms with Gasteiger partial charge in [0.25, 0.3) is 0 Å². The molecule has 1 atom stereocenters. The molecule has 0 N–H and O–H groups in total. The van der Waals surface area contributed by atoms with Crippen LogP contribution in [0.1, 0.15) is 13.8 Å². The van der Waals surface area contributed by atoms with E-state index in [0.717, 1.165) is 11.1 Å². The van der Waals surface area contributed by atoms with Gasteiger partial charge in [0, 0.05) is 6.08 Å². The van der Waals surface area contributed by atoms with Gasteiger partial charge in [0.15, 0.2) is 5.78 Å². The zero-order valence-corrected chi connectivity index (χ0v) is 9.19. The smallest absolute Gasteiger partial charge is 0.326 e. The number of hydrogen-bond acceptors (Lipinski definition) is 3. The Balaban J connectivity index is 2.38. The number of carbonyl (C=O) groups excluding carboxylic acids is 2. The maximum atomic E-state index is 11.8. The Morgan fingerprint density at radius 2 is 1.88 bits per heavy atom. The van der Waals surface area contributed by atoms with Crippen molar-refractivity contribution in [3.05, 3.63) is 47.3 Å². The predicted molar refractivity (Wildman–Crippen MR) is 59.3 cm³/mol. The van der Waals surface area contributed by atoms with Gasteiger partial charge in [0.2, 0.25) is 0 Å². The van der Waals surface area contributed by atoms with Crippen LogP contribution in [0.3, 0.4) is 0 Å². The molecule has 0 bridgehead atoms. The first kappa shape index (κ1) is 10.6. The number of ether oxygens (including phenoxy) is 1. The summed E-state index contributed by atoms with van der Waals surface area (Å²) in [4.78, 5) is 23.4. The molecule has 0 fully saturated rings. The van der Waals surface area contributed by atoms with E-state index in [1.807, 2.05) is 24.3 Å². The van der Waals surface area contributed by atoms with Crippen molar-refractivity contribution in [3.8, 4) is 0 Å². The van der Waals surface area contributed by atoms with E-state index in [2.05, 4.69) is 0 Å². The van der Waals surface area contributed by atoms with Crippen LogP contribution in [0.4, 0.5) is 0 Å². The molecule has 0 radical (unpaired) electrons. The third-order valence-electron chi connectivity index (χ3n) is 2.68. The molecule has 2 rings (SSSR count). The Morgan fingerprint density at radius 3 is 2.44 bits per heavy atom. The van der Waals surface area contributed by atoms with Crippen molar-refractivity contribution in [2.75, 3.05) is 0 Å². The molecule has 0 spiro atoms. The van der Waals surface area contributed by atoms with Gasteiger partial charge in [-0.3, -0.25) is 9.59 Å². The molecule has 0 aromatic carbocycles. The quantitative estimate of drug-likeness (QED) is 0.498. The van der Waals surface area contributed by atoms with E-state index in [1.165, 1.54) is 6.08 Å². The third-order valence-corrected chi connectivity index (χ3v) is 2.68. The number of cyclic esters (lactones) is 1. The van der Waals surface area contributed by atoms with Crippen LogP contribution in [0, 0.1) is 5.92 Å². The first-order chi connectivity index (χ1) is 7.59. The molecule has 1 aliphatic heterocycles. The molecular formula is C13H12O3. The van der Waals surface area contributed by atoms with Crippen molar-refractivity contribution in [2.45, 2.75) is 13.8 Å². The number of carbonyl (C=O) groups is 2. The minimum atomic E-state index is -0.786. The maximum absolute atomic E-state index is 11.8. The molecule has 82 valence electrons. The number of esters is 1. The van der Waals surface area contributed by atoms with Crippen molar-refractivity contribution in [1.29, 1.82) is 0 Å². The van der Waals surface area contributed by atoms with Gasteiger partial charge in [-0.1, -0.05) is 24.3 Å². The molecule has 0 aromatic rings. The van der Waals surface area contributed by atoms with E-state index < -0.39 is 11.9 Å². The molecule has 0 aromatic heterocycles. The normalized spacial score (nSPS) is 23.5. The largest absolute Gasteiger partial charge is 0.430 e. The number of hydrogen-bond donors (Lipinski definition) is 0. The maximum Gasteiger partial charge on any atom is 0.326 e. The van der Waals surface area contributed by atoms with Crippen LogP contribution in [-0.2, 0) is 14.3 Å². The first-order valence-corrected chi connectivity index (χ1v) is 5.09. The molecule has 3 nitrogen and oxygen atoms in total. The summed E-state index contributed by atoms with van der Waals surface area (Å²) in [7, 11) is 0. The highest BCUT2D eigenvalue weighted by atomic mass is 16.5. The highest BCUT2D eigenvalue weighted by Gasteiger charge is 2.33. The fraction of sp³-hybridized carbons (Fsp3) is 0.231. The molecular weight excluding hydrogens is 204 g/mol. The SMILES string of the molecule is CC1=CC(=O)C(C(C)=C2C=CC=C2)C(=O)O1. The van der Waals surface area contributed by atoms with E-state index in [9.17, 15) is 9.59 Å². The van der Waals surface area contributed by atoms with Crippen LogP contribution in [0.5, 0.6) is 0 Å². The second-order valence-electron chi connectivity index (χ2n) is 3.87. The fourth-order valence-corrected chi connectivity index (χ4v) is 1.84. The van der Waals surface area contributed by atoms with Crippen molar-refractivity contribution in [3.63, 3.8) is 0 Å². The Hall–Kier alpha value is -1.90. The van der Waals surface area contributed by atoms with Crippen molar-refractivity contribution in [2.24, 2.45) is 5.92 Å². The van der Waals surface area contributed by atoms with E-state index >= 15 is 0 Å². The molecule has 16 heavy (non-hydrogen) atoms. The number of rotatable bonds is 1. The van der Waals surface area contributed by atoms with Crippen LogP contribution in [0.2, 0.25) is 0 Å². The van der Waals surface area contributed by atoms with Crippen LogP contribution >= 0.6 is 0 Å². The van der Waals surface area contributed by atoms with Gasteiger partial charge in [0.1, 0.15) is 11.7 Å². The number of allylic oxidation sites excluding steroid dienone is 7. The second kappa shape index (κ2) is 3.93. The summed E-state index contributed by atoms with van der Waals surface area (Å²) in [6.07, 6.45) is 8.87. The van der Waals surface area contributed by atoms with Crippen LogP contribution in [0.15, 0.2) is 47.3 Å². The van der Waals surface area contributed by atoms with Gasteiger partial charge >= 0.3 is 5.97 Å². The Bertz CT molecular complexity index is 461. The van der Waals surface area contributed by atoms with Crippen molar-refractivity contribution >= 4 is 11.8 Å². The Labute approximate surface area is 93.8 Å². The third kappa shape index (κ3) is 1.76. The second-order valence-corrected chi connectivity index (χ2v) is 3.87. The summed E-state index contributed by atoms with van der Waals surface area (Å²) in [6.45, 7) is 3.39. The summed E-state index contributed by atoms with van der Waals surface area (Å²) in [5.74, 6) is -1.11. The van der Waals surface area contributed by atoms with E-state index in [1.54, 1.807) is 13.8 Å². The zero-order valence-electron chi connectivity index (χ0n) is 9.19. The van der Waals surface area contributed by atoms with Crippen LogP contribution < -0.4 is 0 Å². The van der Waals surface area contributed by atoms with Gasteiger partial charge in [0.05, 0.1) is 0 Å². The average molecular weight is 216 g/mol. The monoisotopic (exact) mass is 216 g/mol. The minimum Gasteiger partial charge on any atom is -0.430 e. The van der Waals surface area contributed by atoms with Crippen LogP contribution in [-0.4, -0.2) is 11.8 Å². The molecule has 0 amide bonds. The first-order valence-electron chi connectivity index (χ1n) is 5.09. The summed E-state index contributed by atoms with van der Waals surface area (Å²) in [6, 6.07) is 0. The van der Waals surface area contributed by atoms with Crippen LogP contribution in [0.25, 0.3) is 0 Å². The zero-order chi connectivity index (χ0) is 11.7. The summed E-state index contributed by atoms with van der Waals surface area (Å²) in [5, 5.41) is 0. The molecule has 1 aliphatic carbocycles. The molecule has 0 saturated carbocycles. The standard InChI is InChI=1S/C13H12O3/c1-8-7-11(14)12(13(15)16-8)9(2)10-5-3-4-6-10/h3-7,12H,1-2H3. The average Bonchev–Trinajstić information content (AvgIpc) is 2.67. The summed E-state index contributed by atoms with van der Waals surface area (Å²) < 4.78 is 4.97. The number of ketones is 1. The highest BCUT2D eigenvalue weighted by Crippen LogP contribution is 2.26. The van der Waals surface area contributed by atoms with Crippen molar-refractivity contribution in [1.82, 2.24) is 0 Å². The lowest BCUT2D eigenvalue weighted by atomic mass is 9.90. The minimum absolute atomic E-state index is 0.201. The van der Waals surface area contributed by atoms with E-state index in [-0.39, 0.29) is 5.78 Å². The molecule has 1 heterocycles. The van der Waals surface area contributed by atoms with Gasteiger partial charge in [-0.05, 0) is 25.0 Å². The topological polar surface area (TPSA) is 43.4 Å². The Morgan fingerprint density at radius 1 is 1.25 bits per heavy atom. The summed E-state index contributed by atoms with van der Waals surface area (Å²) in [5.41, 5.74) is 1.65. The lowest BCUT2D eigenvalue weighted by Crippen LogP contribution is -2.30. The lowest BCUT2D eigenvalue weighted by molar-refractivity contribution is -0.147. The predicted octanol–water partition coefficient (Wildman–Crippen LogP) is 2.07. The Kier molecular flexibility index (Phi) is 2.60. The molecule has 1 unspecified atom stereocenters. The molecule has 2 aliphatic rings. The van der Waals surface area contributed by atoms with Gasteiger partial charge in [-0.2, -0.15) is 0 Å². The lowest BCUT2D eigenvalue weighted by Gasteiger charge is -2.19. The van der Waals surface area contributed by atoms with E-state index in [0.29, 0.717) is 5.76 Å². The molecule has 3 heteroatoms. The fourth-order valence-electron chi connectivity index (χ4n) is 1.84. The van der Waals surface area contributed by atoms with Gasteiger partial charge < -0.3 is 4.74 Å². The van der Waals surface area contributed by atoms with Gasteiger partial charge in [-0.15, -0.1) is 0 Å².